The van der Waals surface area contributed by atoms with Gasteiger partial charge in [0.1, 0.15) is 24.4 Å². The number of unbranched alkanes of at least 4 members (excludes halogenated alkanes) is 21. The van der Waals surface area contributed by atoms with Crippen molar-refractivity contribution in [3.05, 3.63) is 85.1 Å². The molecule has 1 rings (SSSR count). The number of ether oxygens (including phenoxy) is 3. The molecule has 1 amide bonds. The monoisotopic (exact) mass is 1010 g/mol. The number of amides is 1. The summed E-state index contributed by atoms with van der Waals surface area (Å²) in [6.45, 7) is 5.61. The minimum atomic E-state index is -1.64. The van der Waals surface area contributed by atoms with E-state index in [1.807, 2.05) is 18.2 Å². The van der Waals surface area contributed by atoms with Crippen LogP contribution < -0.4 is 5.32 Å². The molecule has 0 spiro atoms. The molecule has 11 heteroatoms. The summed E-state index contributed by atoms with van der Waals surface area (Å²) in [6, 6.07) is -1.05. The van der Waals surface area contributed by atoms with Crippen molar-refractivity contribution in [2.24, 2.45) is 0 Å². The van der Waals surface area contributed by atoms with Crippen LogP contribution in [0.5, 0.6) is 0 Å². The van der Waals surface area contributed by atoms with Gasteiger partial charge >= 0.3 is 5.97 Å². The fraction of sp³-hybridized carbons (Fsp3) is 0.738. The molecule has 8 unspecified atom stereocenters. The summed E-state index contributed by atoms with van der Waals surface area (Å²) < 4.78 is 17.5. The zero-order valence-electron chi connectivity index (χ0n) is 45.5. The molecule has 8 atom stereocenters. The minimum Gasteiger partial charge on any atom is -0.454 e. The molecule has 0 radical (unpaired) electrons. The lowest BCUT2D eigenvalue weighted by Gasteiger charge is -2.41. The van der Waals surface area contributed by atoms with Gasteiger partial charge in [-0.2, -0.15) is 0 Å². The smallest absolute Gasteiger partial charge is 0.306 e. The van der Waals surface area contributed by atoms with Gasteiger partial charge in [-0.15, -0.1) is 0 Å². The number of nitrogens with one attached hydrogen (secondary N) is 1. The quantitative estimate of drug-likeness (QED) is 0.0196. The number of rotatable bonds is 47. The molecule has 0 aromatic rings. The molecule has 1 heterocycles. The van der Waals surface area contributed by atoms with Crippen LogP contribution in [0.4, 0.5) is 0 Å². The van der Waals surface area contributed by atoms with Crippen molar-refractivity contribution in [1.82, 2.24) is 5.32 Å². The maximum Gasteiger partial charge on any atom is 0.306 e. The van der Waals surface area contributed by atoms with Crippen LogP contribution >= 0.6 is 0 Å². The lowest BCUT2D eigenvalue weighted by atomic mass is 9.99. The fourth-order valence-electron chi connectivity index (χ4n) is 8.44. The predicted octanol–water partition coefficient (Wildman–Crippen LogP) is 13.0. The fourth-order valence-corrected chi connectivity index (χ4v) is 8.44. The van der Waals surface area contributed by atoms with E-state index in [0.29, 0.717) is 19.3 Å². The summed E-state index contributed by atoms with van der Waals surface area (Å²) in [4.78, 5) is 26.4. The highest BCUT2D eigenvalue weighted by Crippen LogP contribution is 2.26. The van der Waals surface area contributed by atoms with Crippen molar-refractivity contribution in [1.29, 1.82) is 0 Å². The van der Waals surface area contributed by atoms with Crippen molar-refractivity contribution < 1.29 is 49.3 Å². The minimum absolute atomic E-state index is 0.0402. The highest BCUT2D eigenvalue weighted by Gasteiger charge is 2.47. The van der Waals surface area contributed by atoms with E-state index in [1.54, 1.807) is 6.08 Å². The van der Waals surface area contributed by atoms with Gasteiger partial charge in [0.2, 0.25) is 5.91 Å². The molecule has 0 bridgehead atoms. The summed E-state index contributed by atoms with van der Waals surface area (Å²) in [5.41, 5.74) is 0. The van der Waals surface area contributed by atoms with Gasteiger partial charge in [-0.1, -0.05) is 215 Å². The standard InChI is InChI=1S/C61H105NO10/c1-4-7-10-13-16-19-22-25-26-27-28-31-34-37-40-43-46-49-56(66)72-59-58(68)57(67)55(50-63)71-61(59)70-51-52(53(64)47-44-41-38-35-32-29-23-20-17-14-11-8-5-2)62-60(69)54(65)48-45-42-39-36-33-30-24-21-18-15-12-9-6-3/h7,10,16,19,25-26,28,31,33,36-37,40,44,47,52-55,57-59,61,63-65,67-68H,4-6,8-9,11-15,17-18,20-24,27,29-30,32,34-35,38-39,41-43,45-46,48-51H2,1-3H3,(H,62,69)/b10-7-,19-16-,26-25-,31-28-,36-33-,40-37-,47-44+. The Hall–Kier alpha value is -3.16. The topological polar surface area (TPSA) is 175 Å². The molecule has 6 N–H and O–H groups in total. The number of allylic oxidation sites excluding steroid dienone is 13. The molecule has 0 saturated carbocycles. The van der Waals surface area contributed by atoms with Gasteiger partial charge in [0, 0.05) is 6.42 Å². The Morgan fingerprint density at radius 2 is 1.00 bits per heavy atom. The Morgan fingerprint density at radius 1 is 0.556 bits per heavy atom. The van der Waals surface area contributed by atoms with E-state index < -0.39 is 67.4 Å². The van der Waals surface area contributed by atoms with Crippen molar-refractivity contribution in [3.8, 4) is 0 Å². The maximum atomic E-state index is 13.4. The average molecular weight is 1010 g/mol. The van der Waals surface area contributed by atoms with E-state index in [1.165, 1.54) is 96.3 Å². The van der Waals surface area contributed by atoms with E-state index in [0.717, 1.165) is 77.0 Å². The molecule has 1 aliphatic heterocycles. The van der Waals surface area contributed by atoms with Gasteiger partial charge < -0.3 is 45.1 Å². The van der Waals surface area contributed by atoms with Crippen LogP contribution in [-0.4, -0.2) is 99.6 Å². The third-order valence-corrected chi connectivity index (χ3v) is 13.0. The van der Waals surface area contributed by atoms with Crippen LogP contribution in [0.1, 0.15) is 226 Å². The molecule has 0 aromatic carbocycles. The van der Waals surface area contributed by atoms with Crippen molar-refractivity contribution in [2.45, 2.75) is 275 Å². The highest BCUT2D eigenvalue weighted by atomic mass is 16.7. The second kappa shape index (κ2) is 48.8. The third-order valence-electron chi connectivity index (χ3n) is 13.0. The molecular formula is C61H105NO10. The second-order valence-corrected chi connectivity index (χ2v) is 19.6. The maximum absolute atomic E-state index is 13.4. The van der Waals surface area contributed by atoms with Gasteiger partial charge in [-0.05, 0) is 89.9 Å². The molecule has 414 valence electrons. The van der Waals surface area contributed by atoms with Crippen molar-refractivity contribution in [3.63, 3.8) is 0 Å². The number of carbonyl (C=O) groups excluding carboxylic acids is 2. The Kier molecular flexibility index (Phi) is 45.3. The molecule has 0 aliphatic carbocycles. The first kappa shape index (κ1) is 66.9. The van der Waals surface area contributed by atoms with E-state index in [-0.39, 0.29) is 19.4 Å². The summed E-state index contributed by atoms with van der Waals surface area (Å²) in [5.74, 6) is -1.28. The van der Waals surface area contributed by atoms with Crippen molar-refractivity contribution >= 4 is 11.9 Å². The SMILES string of the molecule is CC/C=C\C/C=C\C/C=C\C/C=C\C/C=C\CCCC(=O)OC1C(OCC(NC(=O)C(O)CCCC/C=C\CCCCCCCCC)C(O)/C=C/CCCCCCCCCCCCC)OC(CO)C(O)C1O. The molecular weight excluding hydrogens is 907 g/mol. The number of esters is 1. The van der Waals surface area contributed by atoms with E-state index >= 15 is 0 Å². The first-order chi connectivity index (χ1) is 35.2. The first-order valence-electron chi connectivity index (χ1n) is 28.9. The van der Waals surface area contributed by atoms with Crippen LogP contribution in [0.15, 0.2) is 85.1 Å². The number of hydrogen-bond donors (Lipinski definition) is 6. The van der Waals surface area contributed by atoms with Crippen LogP contribution in [0.2, 0.25) is 0 Å². The van der Waals surface area contributed by atoms with Gasteiger partial charge in [-0.25, -0.2) is 0 Å². The van der Waals surface area contributed by atoms with Gasteiger partial charge in [0.05, 0.1) is 25.4 Å². The summed E-state index contributed by atoms with van der Waals surface area (Å²) in [6.07, 6.45) is 52.0. The second-order valence-electron chi connectivity index (χ2n) is 19.6. The number of hydrogen-bond acceptors (Lipinski definition) is 10. The molecule has 11 nitrogen and oxygen atoms in total. The van der Waals surface area contributed by atoms with Crippen LogP contribution in [-0.2, 0) is 23.8 Å². The Morgan fingerprint density at radius 3 is 1.51 bits per heavy atom. The van der Waals surface area contributed by atoms with Crippen LogP contribution in [0, 0.1) is 0 Å². The largest absolute Gasteiger partial charge is 0.454 e. The van der Waals surface area contributed by atoms with Crippen LogP contribution in [0.3, 0.4) is 0 Å². The lowest BCUT2D eigenvalue weighted by Crippen LogP contribution is -2.61. The highest BCUT2D eigenvalue weighted by molar-refractivity contribution is 5.80. The number of carbonyl (C=O) groups is 2. The zero-order chi connectivity index (χ0) is 52.5. The summed E-state index contributed by atoms with van der Waals surface area (Å²) >= 11 is 0. The molecule has 1 saturated heterocycles. The molecule has 1 aliphatic rings. The average Bonchev–Trinajstić information content (AvgIpc) is 3.38. The van der Waals surface area contributed by atoms with Gasteiger partial charge in [0.25, 0.3) is 0 Å². The predicted molar refractivity (Wildman–Crippen MR) is 296 cm³/mol. The van der Waals surface area contributed by atoms with Gasteiger partial charge in [0.15, 0.2) is 12.4 Å². The van der Waals surface area contributed by atoms with E-state index in [4.69, 9.17) is 14.2 Å². The van der Waals surface area contributed by atoms with Crippen molar-refractivity contribution in [2.75, 3.05) is 13.2 Å². The third kappa shape index (κ3) is 36.7. The van der Waals surface area contributed by atoms with Gasteiger partial charge in [-0.3, -0.25) is 9.59 Å². The van der Waals surface area contributed by atoms with E-state index in [2.05, 4.69) is 86.8 Å². The number of aliphatic hydroxyl groups excluding tert-OH is 5. The summed E-state index contributed by atoms with van der Waals surface area (Å²) in [5, 5.41) is 56.8. The molecule has 1 fully saturated rings. The Bertz CT molecular complexity index is 1490. The van der Waals surface area contributed by atoms with E-state index in [9.17, 15) is 35.1 Å². The summed E-state index contributed by atoms with van der Waals surface area (Å²) in [7, 11) is 0. The Labute approximate surface area is 438 Å². The first-order valence-corrected chi connectivity index (χ1v) is 28.9. The zero-order valence-corrected chi connectivity index (χ0v) is 45.5. The normalized spacial score (nSPS) is 20.1. The number of aliphatic hydroxyl groups is 5. The molecule has 0 aromatic heterocycles. The Balaban J connectivity index is 2.79. The molecule has 72 heavy (non-hydrogen) atoms. The lowest BCUT2D eigenvalue weighted by molar-refractivity contribution is -0.305. The van der Waals surface area contributed by atoms with Crippen LogP contribution in [0.25, 0.3) is 0 Å².